The van der Waals surface area contributed by atoms with Gasteiger partial charge < -0.3 is 19.6 Å². The van der Waals surface area contributed by atoms with E-state index in [9.17, 15) is 0 Å². The summed E-state index contributed by atoms with van der Waals surface area (Å²) in [6, 6.07) is 11.9. The number of ether oxygens (including phenoxy) is 1. The van der Waals surface area contributed by atoms with Gasteiger partial charge in [-0.1, -0.05) is 11.2 Å². The lowest BCUT2D eigenvalue weighted by atomic mass is 10.0. The van der Waals surface area contributed by atoms with Crippen LogP contribution in [0.15, 0.2) is 53.3 Å². The topological polar surface area (TPSA) is 118 Å². The predicted molar refractivity (Wildman–Crippen MR) is 130 cm³/mol. The molecule has 0 aliphatic heterocycles. The molecule has 3 aromatic heterocycles. The number of rotatable bonds is 4. The lowest BCUT2D eigenvalue weighted by molar-refractivity contribution is 0.409. The highest BCUT2D eigenvalue weighted by molar-refractivity contribution is 5.88. The fourth-order valence-corrected chi connectivity index (χ4v) is 4.03. The number of nitrogens with two attached hydrogens (primary N) is 1. The van der Waals surface area contributed by atoms with E-state index in [1.54, 1.807) is 26.4 Å². The Hall–Kier alpha value is -4.27. The number of anilines is 1. The average molecular weight is 456 g/mol. The molecular weight excluding hydrogens is 430 g/mol. The van der Waals surface area contributed by atoms with E-state index < -0.39 is 0 Å². The molecule has 34 heavy (non-hydrogen) atoms. The molecule has 9 nitrogen and oxygen atoms in total. The van der Waals surface area contributed by atoms with Crippen LogP contribution in [0.25, 0.3) is 45.0 Å². The lowest BCUT2D eigenvalue weighted by Crippen LogP contribution is -2.22. The number of hydrogen-bond acceptors (Lipinski definition) is 8. The van der Waals surface area contributed by atoms with Gasteiger partial charge in [-0.2, -0.15) is 4.98 Å². The van der Waals surface area contributed by atoms with Crippen LogP contribution in [0.1, 0.15) is 26.6 Å². The number of aromatic nitrogens is 6. The summed E-state index contributed by atoms with van der Waals surface area (Å²) in [7, 11) is 1.64. The van der Waals surface area contributed by atoms with Gasteiger partial charge in [-0.25, -0.2) is 15.0 Å². The van der Waals surface area contributed by atoms with Gasteiger partial charge in [0.15, 0.2) is 5.82 Å². The molecule has 0 bridgehead atoms. The maximum Gasteiger partial charge on any atom is 0.258 e. The molecule has 5 rings (SSSR count). The van der Waals surface area contributed by atoms with E-state index in [2.05, 4.69) is 51.5 Å². The fraction of sp³-hybridized carbons (Fsp3) is 0.240. The number of benzene rings is 2. The zero-order valence-corrected chi connectivity index (χ0v) is 19.7. The van der Waals surface area contributed by atoms with Crippen molar-refractivity contribution >= 4 is 17.0 Å². The van der Waals surface area contributed by atoms with Crippen LogP contribution < -0.4 is 10.5 Å². The van der Waals surface area contributed by atoms with Gasteiger partial charge in [-0.15, -0.1) is 0 Å². The summed E-state index contributed by atoms with van der Waals surface area (Å²) in [4.78, 5) is 17.8. The van der Waals surface area contributed by atoms with Crippen molar-refractivity contribution in [2.24, 2.45) is 0 Å². The fourth-order valence-electron chi connectivity index (χ4n) is 4.03. The van der Waals surface area contributed by atoms with Gasteiger partial charge in [0.25, 0.3) is 5.89 Å². The number of aryl methyl sites for hydroxylation is 1. The van der Waals surface area contributed by atoms with Crippen molar-refractivity contribution in [2.45, 2.75) is 33.2 Å². The minimum atomic E-state index is -0.263. The number of fused-ring (bicyclic) bond motifs is 1. The van der Waals surface area contributed by atoms with E-state index >= 15 is 0 Å². The second kappa shape index (κ2) is 7.95. The van der Waals surface area contributed by atoms with Crippen LogP contribution in [0, 0.1) is 6.92 Å². The number of hydrogen-bond donors (Lipinski definition) is 1. The van der Waals surface area contributed by atoms with E-state index in [0.29, 0.717) is 17.5 Å². The Morgan fingerprint density at radius 2 is 1.71 bits per heavy atom. The molecule has 0 radical (unpaired) electrons. The predicted octanol–water partition coefficient (Wildman–Crippen LogP) is 4.86. The van der Waals surface area contributed by atoms with Crippen LogP contribution in [0.2, 0.25) is 0 Å². The van der Waals surface area contributed by atoms with Gasteiger partial charge in [-0.3, -0.25) is 0 Å². The summed E-state index contributed by atoms with van der Waals surface area (Å²) < 4.78 is 13.3. The van der Waals surface area contributed by atoms with E-state index in [-0.39, 0.29) is 11.5 Å². The Bertz CT molecular complexity index is 1490. The molecule has 0 saturated heterocycles. The maximum atomic E-state index is 5.65. The van der Waals surface area contributed by atoms with Crippen molar-refractivity contribution in [3.8, 4) is 39.7 Å². The number of methoxy groups -OCH3 is 1. The Morgan fingerprint density at radius 3 is 2.35 bits per heavy atom. The zero-order valence-electron chi connectivity index (χ0n) is 19.7. The van der Waals surface area contributed by atoms with Crippen molar-refractivity contribution < 1.29 is 9.26 Å². The van der Waals surface area contributed by atoms with Gasteiger partial charge in [-0.05, 0) is 63.6 Å². The second-order valence-electron chi connectivity index (χ2n) is 9.03. The average Bonchev–Trinajstić information content (AvgIpc) is 3.42. The second-order valence-corrected chi connectivity index (χ2v) is 9.03. The lowest BCUT2D eigenvalue weighted by Gasteiger charge is -2.25. The molecule has 172 valence electrons. The summed E-state index contributed by atoms with van der Waals surface area (Å²) in [5, 5.41) is 3.97. The zero-order chi connectivity index (χ0) is 24.0. The first-order valence-corrected chi connectivity index (χ1v) is 10.8. The van der Waals surface area contributed by atoms with Crippen molar-refractivity contribution in [2.75, 3.05) is 12.8 Å². The minimum absolute atomic E-state index is 0.242. The van der Waals surface area contributed by atoms with Crippen LogP contribution in [0.3, 0.4) is 0 Å². The van der Waals surface area contributed by atoms with Crippen LogP contribution in [0.5, 0.6) is 5.75 Å². The van der Waals surface area contributed by atoms with Gasteiger partial charge in [0.2, 0.25) is 5.95 Å². The van der Waals surface area contributed by atoms with Gasteiger partial charge in [0, 0.05) is 29.1 Å². The molecular formula is C25H25N7O2. The quantitative estimate of drug-likeness (QED) is 0.408. The molecule has 5 aromatic rings. The van der Waals surface area contributed by atoms with Gasteiger partial charge in [0.1, 0.15) is 11.6 Å². The Balaban J connectivity index is 1.77. The summed E-state index contributed by atoms with van der Waals surface area (Å²) >= 11 is 0. The molecule has 0 fully saturated rings. The standard InChI is InChI=1S/C25H25N7O2/c1-14-29-23(34-31-14)18-8-7-17(33-5)11-19(18)22-30-20-10-15(16-12-27-24(26)28-13-16)6-9-21(20)32(22)25(2,3)4/h6-13H,1-5H3,(H2,26,27,28). The van der Waals surface area contributed by atoms with E-state index in [0.717, 1.165) is 39.1 Å². The Labute approximate surface area is 196 Å². The third kappa shape index (κ3) is 3.75. The van der Waals surface area contributed by atoms with Gasteiger partial charge in [0.05, 0.1) is 23.7 Å². The Morgan fingerprint density at radius 1 is 0.941 bits per heavy atom. The molecule has 3 heterocycles. The number of imidazole rings is 1. The van der Waals surface area contributed by atoms with E-state index in [4.69, 9.17) is 20.0 Å². The first-order valence-electron chi connectivity index (χ1n) is 10.8. The van der Waals surface area contributed by atoms with Crippen LogP contribution >= 0.6 is 0 Å². The molecule has 0 amide bonds. The van der Waals surface area contributed by atoms with Gasteiger partial charge >= 0.3 is 0 Å². The minimum Gasteiger partial charge on any atom is -0.497 e. The number of nitrogen functional groups attached to an aromatic ring is 1. The first-order chi connectivity index (χ1) is 16.2. The summed E-state index contributed by atoms with van der Waals surface area (Å²) in [6.07, 6.45) is 3.42. The highest BCUT2D eigenvalue weighted by Crippen LogP contribution is 2.39. The van der Waals surface area contributed by atoms with Crippen LogP contribution in [0.4, 0.5) is 5.95 Å². The number of nitrogens with zero attached hydrogens (tertiary/aromatic N) is 6. The third-order valence-electron chi connectivity index (χ3n) is 5.56. The molecule has 0 spiro atoms. The van der Waals surface area contributed by atoms with Crippen molar-refractivity contribution in [3.63, 3.8) is 0 Å². The van der Waals surface area contributed by atoms with Crippen molar-refractivity contribution in [3.05, 3.63) is 54.6 Å². The van der Waals surface area contributed by atoms with Crippen molar-refractivity contribution in [1.82, 2.24) is 29.7 Å². The van der Waals surface area contributed by atoms with E-state index in [1.807, 2.05) is 30.3 Å². The summed E-state index contributed by atoms with van der Waals surface area (Å²) in [6.45, 7) is 8.24. The van der Waals surface area contributed by atoms with Crippen LogP contribution in [-0.2, 0) is 5.54 Å². The maximum absolute atomic E-state index is 5.65. The molecule has 0 aliphatic carbocycles. The third-order valence-corrected chi connectivity index (χ3v) is 5.56. The highest BCUT2D eigenvalue weighted by atomic mass is 16.5. The Kier molecular flexibility index (Phi) is 5.04. The summed E-state index contributed by atoms with van der Waals surface area (Å²) in [5.41, 5.74) is 10.7. The first kappa shape index (κ1) is 21.6. The summed E-state index contributed by atoms with van der Waals surface area (Å²) in [5.74, 6) is 2.73. The molecule has 0 saturated carbocycles. The highest BCUT2D eigenvalue weighted by Gasteiger charge is 2.26. The SMILES string of the molecule is COc1ccc(-c2nc(C)no2)c(-c2nc3cc(-c4cnc(N)nc4)ccc3n2C(C)(C)C)c1. The largest absolute Gasteiger partial charge is 0.497 e. The molecule has 2 N–H and O–H groups in total. The molecule has 0 unspecified atom stereocenters. The smallest absolute Gasteiger partial charge is 0.258 e. The monoisotopic (exact) mass is 455 g/mol. The van der Waals surface area contributed by atoms with Crippen molar-refractivity contribution in [1.29, 1.82) is 0 Å². The molecule has 2 aromatic carbocycles. The van der Waals surface area contributed by atoms with E-state index in [1.165, 1.54) is 0 Å². The molecule has 0 aliphatic rings. The normalized spacial score (nSPS) is 11.8. The molecule has 9 heteroatoms. The van der Waals surface area contributed by atoms with Crippen LogP contribution in [-0.4, -0.2) is 36.8 Å². The molecule has 0 atom stereocenters.